The lowest BCUT2D eigenvalue weighted by atomic mass is 10.1. The summed E-state index contributed by atoms with van der Waals surface area (Å²) >= 11 is 0. The summed E-state index contributed by atoms with van der Waals surface area (Å²) in [5.41, 5.74) is 0.554. The van der Waals surface area contributed by atoms with Gasteiger partial charge in [-0.25, -0.2) is 18.4 Å². The van der Waals surface area contributed by atoms with Crippen molar-refractivity contribution in [1.82, 2.24) is 0 Å². The van der Waals surface area contributed by atoms with E-state index in [1.54, 1.807) is 24.3 Å². The van der Waals surface area contributed by atoms with Crippen molar-refractivity contribution in [2.75, 3.05) is 13.4 Å². The van der Waals surface area contributed by atoms with Crippen molar-refractivity contribution in [2.24, 2.45) is 0 Å². The molecule has 37 heavy (non-hydrogen) atoms. The smallest absolute Gasteiger partial charge is 0.336 e. The molecule has 0 unspecified atom stereocenters. The van der Waals surface area contributed by atoms with Gasteiger partial charge in [0.25, 0.3) is 0 Å². The molecule has 0 saturated carbocycles. The van der Waals surface area contributed by atoms with Gasteiger partial charge in [0.15, 0.2) is 35.5 Å². The quantitative estimate of drug-likeness (QED) is 0.153. The van der Waals surface area contributed by atoms with Crippen LogP contribution in [0.4, 0.5) is 13.2 Å². The molecule has 190 valence electrons. The second kappa shape index (κ2) is 12.2. The minimum atomic E-state index is -1.60. The zero-order chi connectivity index (χ0) is 26.9. The number of benzene rings is 3. The highest BCUT2D eigenvalue weighted by Gasteiger charge is 2.21. The zero-order valence-corrected chi connectivity index (χ0v) is 19.2. The lowest BCUT2D eigenvalue weighted by Gasteiger charge is -2.11. The van der Waals surface area contributed by atoms with Gasteiger partial charge in [0, 0.05) is 12.2 Å². The topological polar surface area (TPSA) is 88.1 Å². The Morgan fingerprint density at radius 1 is 0.811 bits per heavy atom. The Labute approximate surface area is 209 Å². The summed E-state index contributed by atoms with van der Waals surface area (Å²) < 4.78 is 63.6. The third-order valence-electron chi connectivity index (χ3n) is 4.75. The maximum absolute atomic E-state index is 14.7. The molecule has 0 aliphatic rings. The average Bonchev–Trinajstić information content (AvgIpc) is 2.90. The molecule has 0 aliphatic heterocycles. The van der Waals surface area contributed by atoms with E-state index in [9.17, 15) is 27.6 Å². The molecule has 3 aromatic carbocycles. The van der Waals surface area contributed by atoms with Crippen LogP contribution in [0.25, 0.3) is 16.8 Å². The highest BCUT2D eigenvalue weighted by atomic mass is 19.2. The molecule has 0 bridgehead atoms. The number of rotatable bonds is 11. The van der Waals surface area contributed by atoms with Gasteiger partial charge in [-0.05, 0) is 47.4 Å². The van der Waals surface area contributed by atoms with Gasteiger partial charge in [-0.1, -0.05) is 31.4 Å². The lowest BCUT2D eigenvalue weighted by molar-refractivity contribution is -0.144. The first-order valence-electron chi connectivity index (χ1n) is 10.5. The van der Waals surface area contributed by atoms with Crippen LogP contribution >= 0.6 is 0 Å². The van der Waals surface area contributed by atoms with E-state index in [1.807, 2.05) is 0 Å². The fourth-order valence-electron chi connectivity index (χ4n) is 2.93. The molecule has 0 atom stereocenters. The number of hydrogen-bond donors (Lipinski definition) is 0. The van der Waals surface area contributed by atoms with Crippen LogP contribution in [-0.4, -0.2) is 31.1 Å². The predicted octanol–water partition coefficient (Wildman–Crippen LogP) is 5.08. The largest absolute Gasteiger partial charge is 0.485 e. The van der Waals surface area contributed by atoms with Crippen molar-refractivity contribution in [2.45, 2.75) is 0 Å². The molecule has 0 spiro atoms. The number of ketones is 1. The summed E-state index contributed by atoms with van der Waals surface area (Å²) in [5, 5.41) is -0.846. The van der Waals surface area contributed by atoms with Gasteiger partial charge in [0.05, 0.1) is 5.39 Å². The molecule has 10 heteroatoms. The van der Waals surface area contributed by atoms with Gasteiger partial charge in [0.1, 0.15) is 5.75 Å². The first kappa shape index (κ1) is 26.7. The molecule has 0 amide bonds. The Balaban J connectivity index is 1.71. The first-order chi connectivity index (χ1) is 17.7. The van der Waals surface area contributed by atoms with Gasteiger partial charge < -0.3 is 18.9 Å². The van der Waals surface area contributed by atoms with Crippen molar-refractivity contribution in [1.29, 1.82) is 0 Å². The highest BCUT2D eigenvalue weighted by Crippen LogP contribution is 2.34. The van der Waals surface area contributed by atoms with Crippen LogP contribution in [0.2, 0.25) is 0 Å². The van der Waals surface area contributed by atoms with Gasteiger partial charge in [0.2, 0.25) is 12.6 Å². The lowest BCUT2D eigenvalue weighted by Crippen LogP contribution is -2.09. The molecule has 3 rings (SSSR count). The van der Waals surface area contributed by atoms with Gasteiger partial charge in [-0.15, -0.1) is 0 Å². The summed E-state index contributed by atoms with van der Waals surface area (Å²) in [7, 11) is 0. The van der Waals surface area contributed by atoms with E-state index in [-0.39, 0.29) is 17.8 Å². The van der Waals surface area contributed by atoms with Crippen LogP contribution in [0, 0.1) is 17.5 Å². The van der Waals surface area contributed by atoms with E-state index in [1.165, 1.54) is 12.1 Å². The van der Waals surface area contributed by atoms with E-state index in [2.05, 4.69) is 17.9 Å². The summed E-state index contributed by atoms with van der Waals surface area (Å²) in [6.07, 6.45) is 4.36. The SMILES string of the molecule is C=CC(=O)COc1ccc(/C=C/C(=O)Oc2cc3ccc(OCOC(=O)C=C)c(F)c3c(F)c2F)cc1. The molecular formula is C27H19F3O7. The Kier molecular flexibility index (Phi) is 8.82. The molecule has 0 N–H and O–H groups in total. The molecule has 0 saturated heterocycles. The van der Waals surface area contributed by atoms with Crippen molar-refractivity contribution >= 4 is 34.6 Å². The minimum absolute atomic E-state index is 0.107. The number of carbonyl (C=O) groups is 3. The number of hydrogen-bond acceptors (Lipinski definition) is 7. The Morgan fingerprint density at radius 2 is 1.54 bits per heavy atom. The van der Waals surface area contributed by atoms with Gasteiger partial charge in [-0.3, -0.25) is 4.79 Å². The van der Waals surface area contributed by atoms with E-state index >= 15 is 0 Å². The predicted molar refractivity (Wildman–Crippen MR) is 127 cm³/mol. The van der Waals surface area contributed by atoms with Crippen molar-refractivity contribution in [3.63, 3.8) is 0 Å². The summed E-state index contributed by atoms with van der Waals surface area (Å²) in [6, 6.07) is 9.60. The monoisotopic (exact) mass is 512 g/mol. The van der Waals surface area contributed by atoms with E-state index in [0.29, 0.717) is 11.3 Å². The van der Waals surface area contributed by atoms with Gasteiger partial charge >= 0.3 is 11.9 Å². The molecule has 0 radical (unpaired) electrons. The van der Waals surface area contributed by atoms with Crippen LogP contribution < -0.4 is 14.2 Å². The molecular weight excluding hydrogens is 493 g/mol. The van der Waals surface area contributed by atoms with E-state index in [4.69, 9.17) is 14.2 Å². The van der Waals surface area contributed by atoms with Crippen molar-refractivity contribution in [3.05, 3.63) is 96.9 Å². The minimum Gasteiger partial charge on any atom is -0.485 e. The Hall–Kier alpha value is -4.86. The normalized spacial score (nSPS) is 10.7. The number of ether oxygens (including phenoxy) is 4. The fourth-order valence-corrected chi connectivity index (χ4v) is 2.93. The highest BCUT2D eigenvalue weighted by molar-refractivity contribution is 5.91. The van der Waals surface area contributed by atoms with Crippen LogP contribution in [-0.2, 0) is 19.1 Å². The molecule has 7 nitrogen and oxygen atoms in total. The third kappa shape index (κ3) is 6.85. The van der Waals surface area contributed by atoms with E-state index in [0.717, 1.165) is 30.4 Å². The Bertz CT molecular complexity index is 1400. The van der Waals surface area contributed by atoms with Crippen LogP contribution in [0.5, 0.6) is 17.2 Å². The third-order valence-corrected chi connectivity index (χ3v) is 4.75. The summed E-state index contributed by atoms with van der Waals surface area (Å²) in [4.78, 5) is 34.4. The first-order valence-corrected chi connectivity index (χ1v) is 10.5. The van der Waals surface area contributed by atoms with Gasteiger partial charge in [-0.2, -0.15) is 4.39 Å². The van der Waals surface area contributed by atoms with Crippen LogP contribution in [0.1, 0.15) is 5.56 Å². The van der Waals surface area contributed by atoms with Crippen molar-refractivity contribution in [3.8, 4) is 17.2 Å². The molecule has 0 heterocycles. The van der Waals surface area contributed by atoms with Crippen LogP contribution in [0.3, 0.4) is 0 Å². The fraction of sp³-hybridized carbons (Fsp3) is 0.0741. The van der Waals surface area contributed by atoms with E-state index < -0.39 is 53.1 Å². The maximum atomic E-state index is 14.7. The van der Waals surface area contributed by atoms with Crippen molar-refractivity contribution < 1.29 is 46.5 Å². The molecule has 0 aliphatic carbocycles. The zero-order valence-electron chi connectivity index (χ0n) is 19.2. The van der Waals surface area contributed by atoms with Crippen LogP contribution in [0.15, 0.2) is 73.9 Å². The maximum Gasteiger partial charge on any atom is 0.336 e. The molecule has 0 fully saturated rings. The molecule has 0 aromatic heterocycles. The number of carbonyl (C=O) groups excluding carboxylic acids is 3. The second-order valence-electron chi connectivity index (χ2n) is 7.19. The number of esters is 2. The number of fused-ring (bicyclic) bond motifs is 1. The summed E-state index contributed by atoms with van der Waals surface area (Å²) in [5.74, 6) is -7.35. The standard InChI is InChI=1S/C27H19F3O7/c1-3-18(31)14-34-19-9-5-16(6-10-19)7-12-23(33)37-21-13-17-8-11-20(35-15-36-22(32)4-2)25(28)24(17)27(30)26(21)29/h3-13H,1-2,14-15H2/b12-7+. The Morgan fingerprint density at radius 3 is 2.22 bits per heavy atom. The molecule has 3 aromatic rings. The second-order valence-corrected chi connectivity index (χ2v) is 7.19. The average molecular weight is 512 g/mol. The number of halogens is 3. The summed E-state index contributed by atoms with van der Waals surface area (Å²) in [6.45, 7) is 5.69.